The molecule has 0 saturated carbocycles. The van der Waals surface area contributed by atoms with Crippen LogP contribution in [0, 0.1) is 6.92 Å². The van der Waals surface area contributed by atoms with Crippen LogP contribution in [0.5, 0.6) is 0 Å². The molecule has 0 saturated heterocycles. The van der Waals surface area contributed by atoms with Crippen molar-refractivity contribution < 1.29 is 18.0 Å². The summed E-state index contributed by atoms with van der Waals surface area (Å²) < 4.78 is 35.5. The summed E-state index contributed by atoms with van der Waals surface area (Å²) in [6, 6.07) is 0. The van der Waals surface area contributed by atoms with E-state index < -0.39 is 12.0 Å². The first-order valence-electron chi connectivity index (χ1n) is 3.07. The van der Waals surface area contributed by atoms with Gasteiger partial charge < -0.3 is 0 Å². The summed E-state index contributed by atoms with van der Waals surface area (Å²) in [6.45, 7) is 1.48. The van der Waals surface area contributed by atoms with Crippen molar-refractivity contribution in [2.45, 2.75) is 13.1 Å². The Bertz CT molecular complexity index is 300. The van der Waals surface area contributed by atoms with Crippen molar-refractivity contribution in [3.8, 4) is 0 Å². The van der Waals surface area contributed by atoms with E-state index in [-0.39, 0.29) is 5.56 Å². The quantitative estimate of drug-likeness (QED) is 0.628. The van der Waals surface area contributed by atoms with Gasteiger partial charge in [-0.15, -0.1) is 0 Å². The van der Waals surface area contributed by atoms with E-state index in [1.165, 1.54) is 17.7 Å². The summed E-state index contributed by atoms with van der Waals surface area (Å²) in [5, 5.41) is 2.73. The lowest BCUT2D eigenvalue weighted by molar-refractivity contribution is -0.0885. The third kappa shape index (κ3) is 1.66. The Balaban J connectivity index is 3.01. The molecule has 0 aliphatic carbocycles. The molecule has 1 nitrogen and oxygen atoms in total. The summed E-state index contributed by atoms with van der Waals surface area (Å²) in [5.41, 5.74) is 0.134. The molecular formula is C7H5F3OS. The summed E-state index contributed by atoms with van der Waals surface area (Å²) >= 11 is 1.09. The summed E-state index contributed by atoms with van der Waals surface area (Å²) in [5.74, 6) is -1.76. The summed E-state index contributed by atoms with van der Waals surface area (Å²) in [6.07, 6.45) is -4.76. The number of carbonyl (C=O) groups excluding carboxylic acids is 1. The largest absolute Gasteiger partial charge is 0.454 e. The molecule has 0 unspecified atom stereocenters. The number of rotatable bonds is 1. The third-order valence-corrected chi connectivity index (χ3v) is 2.22. The average Bonchev–Trinajstić information content (AvgIpc) is 2.31. The number of halogens is 3. The number of thiophene rings is 1. The second kappa shape index (κ2) is 2.90. The van der Waals surface area contributed by atoms with Crippen molar-refractivity contribution in [1.82, 2.24) is 0 Å². The Morgan fingerprint density at radius 3 is 2.33 bits per heavy atom. The first kappa shape index (κ1) is 9.25. The number of carbonyl (C=O) groups is 1. The van der Waals surface area contributed by atoms with Gasteiger partial charge in [-0.05, 0) is 17.9 Å². The zero-order valence-corrected chi connectivity index (χ0v) is 6.92. The molecule has 1 heterocycles. The van der Waals surface area contributed by atoms with Gasteiger partial charge in [0.1, 0.15) is 0 Å². The predicted molar refractivity (Wildman–Crippen MR) is 39.4 cm³/mol. The van der Waals surface area contributed by atoms with Gasteiger partial charge in [0.15, 0.2) is 0 Å². The van der Waals surface area contributed by atoms with Crippen LogP contribution in [0.2, 0.25) is 0 Å². The second-order valence-corrected chi connectivity index (χ2v) is 3.04. The Morgan fingerprint density at radius 1 is 1.42 bits per heavy atom. The van der Waals surface area contributed by atoms with Crippen molar-refractivity contribution >= 4 is 17.1 Å². The molecule has 0 bridgehead atoms. The molecule has 1 rings (SSSR count). The molecule has 0 aromatic carbocycles. The SMILES string of the molecule is Cc1cscc1C(=O)C(F)(F)F. The highest BCUT2D eigenvalue weighted by molar-refractivity contribution is 7.08. The number of hydrogen-bond acceptors (Lipinski definition) is 2. The Kier molecular flexibility index (Phi) is 2.23. The molecule has 0 amide bonds. The van der Waals surface area contributed by atoms with E-state index in [2.05, 4.69) is 0 Å². The zero-order chi connectivity index (χ0) is 9.35. The van der Waals surface area contributed by atoms with E-state index >= 15 is 0 Å². The van der Waals surface area contributed by atoms with Crippen LogP contribution >= 0.6 is 11.3 Å². The van der Waals surface area contributed by atoms with Crippen LogP contribution in [0.3, 0.4) is 0 Å². The van der Waals surface area contributed by atoms with Gasteiger partial charge in [-0.3, -0.25) is 4.79 Å². The molecule has 0 aliphatic rings. The lowest BCUT2D eigenvalue weighted by atomic mass is 10.1. The van der Waals surface area contributed by atoms with E-state index in [9.17, 15) is 18.0 Å². The lowest BCUT2D eigenvalue weighted by Crippen LogP contribution is -2.22. The standard InChI is InChI=1S/C7H5F3OS/c1-4-2-12-3-5(4)6(11)7(8,9)10/h2-3H,1H3. The zero-order valence-electron chi connectivity index (χ0n) is 6.11. The first-order valence-corrected chi connectivity index (χ1v) is 4.01. The molecule has 0 N–H and O–H groups in total. The summed E-state index contributed by atoms with van der Waals surface area (Å²) in [4.78, 5) is 10.6. The predicted octanol–water partition coefficient (Wildman–Crippen LogP) is 2.80. The van der Waals surface area contributed by atoms with E-state index in [1.54, 1.807) is 0 Å². The van der Waals surface area contributed by atoms with Gasteiger partial charge in [0.25, 0.3) is 5.78 Å². The van der Waals surface area contributed by atoms with Gasteiger partial charge in [-0.25, -0.2) is 0 Å². The van der Waals surface area contributed by atoms with Gasteiger partial charge >= 0.3 is 6.18 Å². The fourth-order valence-electron chi connectivity index (χ4n) is 0.746. The van der Waals surface area contributed by atoms with Gasteiger partial charge in [-0.1, -0.05) is 0 Å². The van der Waals surface area contributed by atoms with Crippen LogP contribution < -0.4 is 0 Å². The highest BCUT2D eigenvalue weighted by Gasteiger charge is 2.40. The molecule has 1 aromatic rings. The van der Waals surface area contributed by atoms with Crippen molar-refractivity contribution in [3.05, 3.63) is 21.9 Å². The number of hydrogen-bond donors (Lipinski definition) is 0. The molecule has 0 atom stereocenters. The van der Waals surface area contributed by atoms with Crippen LogP contribution in [-0.4, -0.2) is 12.0 Å². The molecule has 0 fully saturated rings. The van der Waals surface area contributed by atoms with E-state index in [1.807, 2.05) is 0 Å². The topological polar surface area (TPSA) is 17.1 Å². The lowest BCUT2D eigenvalue weighted by Gasteiger charge is -2.03. The Hall–Kier alpha value is -0.840. The fraction of sp³-hybridized carbons (Fsp3) is 0.286. The Morgan fingerprint density at radius 2 is 2.00 bits per heavy atom. The van der Waals surface area contributed by atoms with E-state index in [0.29, 0.717) is 5.56 Å². The van der Waals surface area contributed by atoms with Crippen molar-refractivity contribution in [1.29, 1.82) is 0 Å². The van der Waals surface area contributed by atoms with E-state index in [0.717, 1.165) is 11.3 Å². The number of Topliss-reactive ketones (excluding diaryl/α,β-unsaturated/α-hetero) is 1. The number of aryl methyl sites for hydroxylation is 1. The van der Waals surface area contributed by atoms with Crippen molar-refractivity contribution in [2.24, 2.45) is 0 Å². The minimum atomic E-state index is -4.76. The van der Waals surface area contributed by atoms with Gasteiger partial charge in [-0.2, -0.15) is 24.5 Å². The van der Waals surface area contributed by atoms with Crippen LogP contribution in [0.4, 0.5) is 13.2 Å². The molecule has 0 radical (unpaired) electrons. The number of ketones is 1. The first-order chi connectivity index (χ1) is 5.43. The van der Waals surface area contributed by atoms with Crippen molar-refractivity contribution in [3.63, 3.8) is 0 Å². The molecular weight excluding hydrogens is 189 g/mol. The monoisotopic (exact) mass is 194 g/mol. The smallest absolute Gasteiger partial charge is 0.284 e. The van der Waals surface area contributed by atoms with Crippen molar-refractivity contribution in [2.75, 3.05) is 0 Å². The fourth-order valence-corrected chi connectivity index (χ4v) is 1.57. The maximum atomic E-state index is 11.8. The van der Waals surface area contributed by atoms with Crippen LogP contribution in [0.1, 0.15) is 15.9 Å². The minimum absolute atomic E-state index is 0.243. The molecule has 0 spiro atoms. The maximum absolute atomic E-state index is 11.8. The molecule has 0 aliphatic heterocycles. The summed E-state index contributed by atoms with van der Waals surface area (Å²) in [7, 11) is 0. The molecule has 5 heteroatoms. The van der Waals surface area contributed by atoms with Gasteiger partial charge in [0.05, 0.1) is 0 Å². The van der Waals surface area contributed by atoms with E-state index in [4.69, 9.17) is 0 Å². The maximum Gasteiger partial charge on any atom is 0.454 e. The third-order valence-electron chi connectivity index (χ3n) is 1.36. The Labute approximate surface area is 70.8 Å². The highest BCUT2D eigenvalue weighted by Crippen LogP contribution is 2.25. The molecule has 1 aromatic heterocycles. The van der Waals surface area contributed by atoms with Gasteiger partial charge in [0.2, 0.25) is 0 Å². The normalized spacial score (nSPS) is 11.7. The highest BCUT2D eigenvalue weighted by atomic mass is 32.1. The minimum Gasteiger partial charge on any atom is -0.284 e. The second-order valence-electron chi connectivity index (χ2n) is 2.30. The van der Waals surface area contributed by atoms with Crippen LogP contribution in [0.15, 0.2) is 10.8 Å². The molecule has 12 heavy (non-hydrogen) atoms. The van der Waals surface area contributed by atoms with Gasteiger partial charge in [0, 0.05) is 10.9 Å². The van der Waals surface area contributed by atoms with Crippen LogP contribution in [0.25, 0.3) is 0 Å². The van der Waals surface area contributed by atoms with Crippen LogP contribution in [-0.2, 0) is 0 Å². The number of alkyl halides is 3. The average molecular weight is 194 g/mol. The molecule has 66 valence electrons.